The van der Waals surface area contributed by atoms with Crippen LogP contribution in [0.5, 0.6) is 5.88 Å². The molecule has 5 nitrogen and oxygen atoms in total. The lowest BCUT2D eigenvalue weighted by Crippen LogP contribution is -2.08. The zero-order chi connectivity index (χ0) is 11.5. The standard InChI is InChI=1S/C11H6N2O3/c12-5-7-1-2-9-8(3-7)4-10(13-9)16-11(15)6-14/h1-4,6,13H. The summed E-state index contributed by atoms with van der Waals surface area (Å²) >= 11 is 0. The fourth-order valence-electron chi connectivity index (χ4n) is 1.36. The summed E-state index contributed by atoms with van der Waals surface area (Å²) in [5.74, 6) is -0.783. The van der Waals surface area contributed by atoms with E-state index in [-0.39, 0.29) is 12.2 Å². The number of hydrogen-bond donors (Lipinski definition) is 1. The summed E-state index contributed by atoms with van der Waals surface area (Å²) in [6, 6.07) is 8.56. The molecule has 0 aliphatic carbocycles. The number of rotatable bonds is 2. The highest BCUT2D eigenvalue weighted by atomic mass is 16.5. The first-order chi connectivity index (χ1) is 7.72. The average molecular weight is 214 g/mol. The molecule has 16 heavy (non-hydrogen) atoms. The van der Waals surface area contributed by atoms with Crippen LogP contribution >= 0.6 is 0 Å². The Morgan fingerprint density at radius 1 is 1.44 bits per heavy atom. The predicted molar refractivity (Wildman–Crippen MR) is 54.7 cm³/mol. The number of aromatic amines is 1. The molecule has 2 rings (SSSR count). The zero-order valence-electron chi connectivity index (χ0n) is 8.06. The van der Waals surface area contributed by atoms with E-state index in [4.69, 9.17) is 5.26 Å². The lowest BCUT2D eigenvalue weighted by Gasteiger charge is -1.92. The molecule has 1 N–H and O–H groups in total. The highest BCUT2D eigenvalue weighted by molar-refractivity contribution is 6.21. The second-order valence-electron chi connectivity index (χ2n) is 3.09. The summed E-state index contributed by atoms with van der Waals surface area (Å²) in [7, 11) is 0. The van der Waals surface area contributed by atoms with E-state index in [0.717, 1.165) is 10.9 Å². The second-order valence-corrected chi connectivity index (χ2v) is 3.09. The molecule has 0 radical (unpaired) electrons. The summed E-state index contributed by atoms with van der Waals surface area (Å²) in [4.78, 5) is 23.6. The van der Waals surface area contributed by atoms with Crippen LogP contribution in [0.1, 0.15) is 5.56 Å². The van der Waals surface area contributed by atoms with E-state index in [9.17, 15) is 9.59 Å². The molecule has 0 fully saturated rings. The molecule has 0 bridgehead atoms. The Hall–Kier alpha value is -2.61. The molecule has 2 aromatic rings. The topological polar surface area (TPSA) is 82.9 Å². The van der Waals surface area contributed by atoms with Crippen molar-refractivity contribution in [1.29, 1.82) is 5.26 Å². The van der Waals surface area contributed by atoms with Gasteiger partial charge in [-0.15, -0.1) is 0 Å². The number of benzene rings is 1. The molecule has 0 saturated carbocycles. The van der Waals surface area contributed by atoms with Crippen LogP contribution in [-0.2, 0) is 9.59 Å². The van der Waals surface area contributed by atoms with Crippen molar-refractivity contribution in [3.05, 3.63) is 29.8 Å². The SMILES string of the molecule is N#Cc1ccc2[nH]c(OC(=O)C=O)cc2c1. The number of esters is 1. The van der Waals surface area contributed by atoms with Crippen molar-refractivity contribution < 1.29 is 14.3 Å². The maximum Gasteiger partial charge on any atom is 0.377 e. The summed E-state index contributed by atoms with van der Waals surface area (Å²) in [5, 5.41) is 9.44. The molecule has 78 valence electrons. The summed E-state index contributed by atoms with van der Waals surface area (Å²) in [6.45, 7) is 0. The third-order valence-corrected chi connectivity index (χ3v) is 2.03. The maximum absolute atomic E-state index is 10.7. The molecular weight excluding hydrogens is 208 g/mol. The van der Waals surface area contributed by atoms with Gasteiger partial charge in [0, 0.05) is 17.0 Å². The predicted octanol–water partition coefficient (Wildman–Crippen LogP) is 1.14. The molecule has 0 spiro atoms. The fraction of sp³-hybridized carbons (Fsp3) is 0. The van der Waals surface area contributed by atoms with E-state index in [1.54, 1.807) is 24.3 Å². The first-order valence-corrected chi connectivity index (χ1v) is 4.43. The first kappa shape index (κ1) is 9.93. The zero-order valence-corrected chi connectivity index (χ0v) is 8.06. The lowest BCUT2D eigenvalue weighted by atomic mass is 10.2. The normalized spacial score (nSPS) is 9.69. The average Bonchev–Trinajstić information content (AvgIpc) is 2.69. The number of aromatic nitrogens is 1. The van der Waals surface area contributed by atoms with Gasteiger partial charge < -0.3 is 9.72 Å². The Morgan fingerprint density at radius 2 is 2.25 bits per heavy atom. The van der Waals surface area contributed by atoms with Crippen LogP contribution in [0.3, 0.4) is 0 Å². The summed E-state index contributed by atoms with van der Waals surface area (Å²) < 4.78 is 4.68. The van der Waals surface area contributed by atoms with E-state index >= 15 is 0 Å². The molecule has 0 atom stereocenters. The van der Waals surface area contributed by atoms with Gasteiger partial charge in [-0.3, -0.25) is 4.79 Å². The minimum absolute atomic E-state index is 0.0895. The highest BCUT2D eigenvalue weighted by Crippen LogP contribution is 2.21. The highest BCUT2D eigenvalue weighted by Gasteiger charge is 2.06. The van der Waals surface area contributed by atoms with Crippen molar-refractivity contribution in [3.63, 3.8) is 0 Å². The van der Waals surface area contributed by atoms with E-state index < -0.39 is 5.97 Å². The number of carbonyl (C=O) groups excluding carboxylic acids is 2. The summed E-state index contributed by atoms with van der Waals surface area (Å²) in [5.41, 5.74) is 1.24. The molecule has 1 aromatic carbocycles. The monoisotopic (exact) mass is 214 g/mol. The number of fused-ring (bicyclic) bond motifs is 1. The third kappa shape index (κ3) is 1.77. The second kappa shape index (κ2) is 3.87. The van der Waals surface area contributed by atoms with Gasteiger partial charge in [0.25, 0.3) is 0 Å². The smallest absolute Gasteiger partial charge is 0.377 e. The number of nitrogens with one attached hydrogen (secondary N) is 1. The van der Waals surface area contributed by atoms with Gasteiger partial charge in [-0.25, -0.2) is 4.79 Å². The minimum atomic E-state index is -0.966. The molecule has 1 aromatic heterocycles. The van der Waals surface area contributed by atoms with Gasteiger partial charge in [-0.05, 0) is 18.2 Å². The quantitative estimate of drug-likeness (QED) is 0.461. The van der Waals surface area contributed by atoms with Gasteiger partial charge in [0.2, 0.25) is 12.2 Å². The van der Waals surface area contributed by atoms with Crippen LogP contribution in [0.15, 0.2) is 24.3 Å². The van der Waals surface area contributed by atoms with Crippen molar-refractivity contribution >= 4 is 23.2 Å². The van der Waals surface area contributed by atoms with Gasteiger partial charge in [-0.1, -0.05) is 0 Å². The Kier molecular flexibility index (Phi) is 2.40. The van der Waals surface area contributed by atoms with E-state index in [2.05, 4.69) is 9.72 Å². The van der Waals surface area contributed by atoms with Crippen LogP contribution in [-0.4, -0.2) is 17.2 Å². The van der Waals surface area contributed by atoms with Crippen molar-refractivity contribution in [2.75, 3.05) is 0 Å². The lowest BCUT2D eigenvalue weighted by molar-refractivity contribution is -0.141. The number of H-pyrrole nitrogens is 1. The van der Waals surface area contributed by atoms with Gasteiger partial charge >= 0.3 is 5.97 Å². The van der Waals surface area contributed by atoms with Crippen LogP contribution in [0.4, 0.5) is 0 Å². The summed E-state index contributed by atoms with van der Waals surface area (Å²) in [6.07, 6.45) is 0.0895. The molecule has 0 saturated heterocycles. The minimum Gasteiger partial charge on any atom is -0.404 e. The maximum atomic E-state index is 10.7. The fourth-order valence-corrected chi connectivity index (χ4v) is 1.36. The molecule has 0 aliphatic heterocycles. The van der Waals surface area contributed by atoms with Crippen molar-refractivity contribution in [2.45, 2.75) is 0 Å². The van der Waals surface area contributed by atoms with Crippen LogP contribution in [0, 0.1) is 11.3 Å². The number of hydrogen-bond acceptors (Lipinski definition) is 4. The van der Waals surface area contributed by atoms with Gasteiger partial charge in [0.1, 0.15) is 0 Å². The van der Waals surface area contributed by atoms with E-state index in [1.165, 1.54) is 0 Å². The Morgan fingerprint density at radius 3 is 2.94 bits per heavy atom. The van der Waals surface area contributed by atoms with Crippen LogP contribution in [0.2, 0.25) is 0 Å². The van der Waals surface area contributed by atoms with Crippen LogP contribution < -0.4 is 4.74 Å². The molecule has 0 amide bonds. The Labute approximate surface area is 90.2 Å². The number of ether oxygens (including phenoxy) is 1. The van der Waals surface area contributed by atoms with Crippen molar-refractivity contribution in [2.24, 2.45) is 0 Å². The molecular formula is C11H6N2O3. The Bertz CT molecular complexity index is 607. The number of aldehydes is 1. The van der Waals surface area contributed by atoms with Gasteiger partial charge in [0.05, 0.1) is 11.6 Å². The number of nitriles is 1. The Balaban J connectivity index is 2.40. The van der Waals surface area contributed by atoms with Gasteiger partial charge in [-0.2, -0.15) is 5.26 Å². The first-order valence-electron chi connectivity index (χ1n) is 4.43. The molecule has 0 aliphatic rings. The van der Waals surface area contributed by atoms with Crippen molar-refractivity contribution in [3.8, 4) is 11.9 Å². The third-order valence-electron chi connectivity index (χ3n) is 2.03. The van der Waals surface area contributed by atoms with Crippen LogP contribution in [0.25, 0.3) is 10.9 Å². The van der Waals surface area contributed by atoms with Gasteiger partial charge in [0.15, 0.2) is 0 Å². The van der Waals surface area contributed by atoms with E-state index in [0.29, 0.717) is 5.56 Å². The van der Waals surface area contributed by atoms with Crippen molar-refractivity contribution in [1.82, 2.24) is 4.98 Å². The molecule has 5 heteroatoms. The van der Waals surface area contributed by atoms with E-state index in [1.807, 2.05) is 6.07 Å². The number of carbonyl (C=O) groups is 2. The largest absolute Gasteiger partial charge is 0.404 e. The number of nitrogens with zero attached hydrogens (tertiary/aromatic N) is 1. The molecule has 0 unspecified atom stereocenters. The molecule has 1 heterocycles.